The summed E-state index contributed by atoms with van der Waals surface area (Å²) in [5.41, 5.74) is 0.335. The van der Waals surface area contributed by atoms with Crippen LogP contribution in [0.4, 0.5) is 39.8 Å². The monoisotopic (exact) mass is 497 g/mol. The number of hydrogen-bond donors (Lipinski definition) is 3. The van der Waals surface area contributed by atoms with Crippen molar-refractivity contribution in [3.05, 3.63) is 53.3 Å². The van der Waals surface area contributed by atoms with Crippen LogP contribution in [0, 0.1) is 35.2 Å². The number of nitrogens with zero attached hydrogens (tertiary/aromatic N) is 2. The van der Waals surface area contributed by atoms with Gasteiger partial charge in [0.15, 0.2) is 11.6 Å². The summed E-state index contributed by atoms with van der Waals surface area (Å²) < 4.78 is 43.6. The van der Waals surface area contributed by atoms with E-state index in [0.29, 0.717) is 11.5 Å². The number of halogens is 3. The van der Waals surface area contributed by atoms with Crippen molar-refractivity contribution in [3.8, 4) is 11.8 Å². The maximum Gasteiger partial charge on any atom is 0.328 e. The molecule has 5 amide bonds. The maximum absolute atomic E-state index is 14.7. The molecule has 5 rings (SSSR count). The van der Waals surface area contributed by atoms with Crippen molar-refractivity contribution in [2.45, 2.75) is 25.3 Å². The first kappa shape index (κ1) is 23.5. The van der Waals surface area contributed by atoms with Gasteiger partial charge in [-0.3, -0.25) is 15.0 Å². The first-order chi connectivity index (χ1) is 17.3. The zero-order valence-corrected chi connectivity index (χ0v) is 19.0. The Morgan fingerprint density at radius 2 is 1.75 bits per heavy atom. The van der Waals surface area contributed by atoms with E-state index in [4.69, 9.17) is 0 Å². The summed E-state index contributed by atoms with van der Waals surface area (Å²) in [6.07, 6.45) is 2.08. The molecule has 2 aromatic rings. The highest BCUT2D eigenvalue weighted by molar-refractivity contribution is 6.05. The molecule has 1 saturated carbocycles. The second-order valence-corrected chi connectivity index (χ2v) is 8.95. The highest BCUT2D eigenvalue weighted by atomic mass is 19.1. The predicted octanol–water partition coefficient (Wildman–Crippen LogP) is 3.32. The minimum Gasteiger partial charge on any atom is -0.367 e. The summed E-state index contributed by atoms with van der Waals surface area (Å²) >= 11 is 0. The Hall–Kier alpha value is -4.20. The van der Waals surface area contributed by atoms with Gasteiger partial charge in [0.2, 0.25) is 5.91 Å². The van der Waals surface area contributed by atoms with E-state index in [0.717, 1.165) is 29.9 Å². The van der Waals surface area contributed by atoms with Crippen molar-refractivity contribution in [2.24, 2.45) is 5.92 Å². The van der Waals surface area contributed by atoms with Crippen LogP contribution in [0.15, 0.2) is 30.3 Å². The molecule has 3 fully saturated rings. The van der Waals surface area contributed by atoms with Crippen molar-refractivity contribution in [1.29, 1.82) is 0 Å². The zero-order chi connectivity index (χ0) is 25.4. The first-order valence-electron chi connectivity index (χ1n) is 11.5. The molecule has 3 aliphatic rings. The van der Waals surface area contributed by atoms with Gasteiger partial charge in [0, 0.05) is 43.2 Å². The quantitative estimate of drug-likeness (QED) is 0.565. The number of benzene rings is 2. The Bertz CT molecular complexity index is 1290. The van der Waals surface area contributed by atoms with Crippen LogP contribution in [0.3, 0.4) is 0 Å². The van der Waals surface area contributed by atoms with Gasteiger partial charge < -0.3 is 15.5 Å². The summed E-state index contributed by atoms with van der Waals surface area (Å²) in [5.74, 6) is 3.48. The Kier molecular flexibility index (Phi) is 6.18. The molecule has 1 aliphatic carbocycles. The second kappa shape index (κ2) is 9.45. The average Bonchev–Trinajstić information content (AvgIpc) is 3.62. The van der Waals surface area contributed by atoms with Crippen LogP contribution in [-0.2, 0) is 4.79 Å². The van der Waals surface area contributed by atoms with Crippen molar-refractivity contribution in [3.63, 3.8) is 0 Å². The summed E-state index contributed by atoms with van der Waals surface area (Å²) in [4.78, 5) is 38.1. The molecular formula is C25H22F3N5O3. The van der Waals surface area contributed by atoms with Crippen molar-refractivity contribution in [2.75, 3.05) is 34.8 Å². The lowest BCUT2D eigenvalue weighted by molar-refractivity contribution is -0.120. The second-order valence-electron chi connectivity index (χ2n) is 8.95. The van der Waals surface area contributed by atoms with Crippen LogP contribution in [0.5, 0.6) is 0 Å². The number of urea groups is 2. The summed E-state index contributed by atoms with van der Waals surface area (Å²) in [5, 5.41) is 7.21. The molecule has 0 atom stereocenters. The molecule has 2 saturated heterocycles. The normalized spacial score (nSPS) is 17.6. The third kappa shape index (κ3) is 5.07. The fraction of sp³-hybridized carbons (Fsp3) is 0.320. The molecule has 0 spiro atoms. The van der Waals surface area contributed by atoms with Gasteiger partial charge >= 0.3 is 12.1 Å². The molecule has 3 N–H and O–H groups in total. The van der Waals surface area contributed by atoms with Gasteiger partial charge in [0.25, 0.3) is 0 Å². The number of anilines is 3. The minimum atomic E-state index is -0.941. The van der Waals surface area contributed by atoms with E-state index < -0.39 is 41.1 Å². The van der Waals surface area contributed by atoms with E-state index in [1.54, 1.807) is 11.0 Å². The van der Waals surface area contributed by atoms with Crippen LogP contribution in [0.1, 0.15) is 24.8 Å². The minimum absolute atomic E-state index is 0.00876. The van der Waals surface area contributed by atoms with Crippen LogP contribution >= 0.6 is 0 Å². The zero-order valence-electron chi connectivity index (χ0n) is 19.0. The number of nitrogens with one attached hydrogen (secondary N) is 3. The van der Waals surface area contributed by atoms with Crippen LogP contribution in [0.25, 0.3) is 0 Å². The summed E-state index contributed by atoms with van der Waals surface area (Å²) in [6.45, 7) is 0.429. The molecule has 0 radical (unpaired) electrons. The van der Waals surface area contributed by atoms with Crippen LogP contribution in [0.2, 0.25) is 0 Å². The van der Waals surface area contributed by atoms with E-state index in [2.05, 4.69) is 22.5 Å². The average molecular weight is 497 g/mol. The molecule has 0 aromatic heterocycles. The van der Waals surface area contributed by atoms with Gasteiger partial charge in [0.1, 0.15) is 11.5 Å². The fourth-order valence-corrected chi connectivity index (χ4v) is 4.01. The summed E-state index contributed by atoms with van der Waals surface area (Å²) in [6, 6.07) is 4.66. The standard InChI is InChI=1S/C25H22F3N5O3/c26-18-6-5-15(4-3-14-1-2-14)9-21(18)30-24(35)29-16-12-32(13-16)17-10-19(27)23(20(28)11-17)33-8-7-22(34)31-25(33)36/h5-6,9-11,14,16H,1-2,7-8,12-13H2,(H2,29,30,35)(H,31,34,36). The Labute approximate surface area is 204 Å². The molecule has 8 nitrogen and oxygen atoms in total. The molecule has 11 heteroatoms. The highest BCUT2D eigenvalue weighted by Gasteiger charge is 2.32. The molecular weight excluding hydrogens is 475 g/mol. The third-order valence-corrected chi connectivity index (χ3v) is 6.12. The number of hydrogen-bond acceptors (Lipinski definition) is 4. The van der Waals surface area contributed by atoms with E-state index in [9.17, 15) is 27.6 Å². The number of rotatable bonds is 4. The van der Waals surface area contributed by atoms with Crippen LogP contribution in [-0.4, -0.2) is 43.6 Å². The van der Waals surface area contributed by atoms with Crippen molar-refractivity contribution < 1.29 is 27.6 Å². The lowest BCUT2D eigenvalue weighted by Gasteiger charge is -2.41. The molecule has 2 aliphatic heterocycles. The number of carbonyl (C=O) groups excluding carboxylic acids is 3. The Balaban J connectivity index is 1.17. The number of carbonyl (C=O) groups is 3. The van der Waals surface area contributed by atoms with Gasteiger partial charge in [-0.15, -0.1) is 0 Å². The van der Waals surface area contributed by atoms with Crippen molar-refractivity contribution in [1.82, 2.24) is 10.6 Å². The molecule has 36 heavy (non-hydrogen) atoms. The van der Waals surface area contributed by atoms with Gasteiger partial charge in [-0.1, -0.05) is 11.8 Å². The SMILES string of the molecule is O=C1CCN(c2c(F)cc(N3CC(NC(=O)Nc4cc(C#CC5CC5)ccc4F)C3)cc2F)C(=O)N1. The van der Waals surface area contributed by atoms with Crippen LogP contribution < -0.4 is 25.8 Å². The van der Waals surface area contributed by atoms with Crippen molar-refractivity contribution >= 4 is 35.0 Å². The highest BCUT2D eigenvalue weighted by Crippen LogP contribution is 2.32. The number of amides is 5. The van der Waals surface area contributed by atoms with E-state index in [1.165, 1.54) is 12.1 Å². The Morgan fingerprint density at radius 1 is 1.03 bits per heavy atom. The predicted molar refractivity (Wildman–Crippen MR) is 126 cm³/mol. The fourth-order valence-electron chi connectivity index (χ4n) is 4.01. The molecule has 2 aromatic carbocycles. The van der Waals surface area contributed by atoms with Gasteiger partial charge in [-0.25, -0.2) is 22.8 Å². The maximum atomic E-state index is 14.7. The molecule has 0 unspecified atom stereocenters. The lowest BCUT2D eigenvalue weighted by Crippen LogP contribution is -2.60. The molecule has 186 valence electrons. The smallest absolute Gasteiger partial charge is 0.328 e. The van der Waals surface area contributed by atoms with E-state index in [-0.39, 0.29) is 43.5 Å². The number of imide groups is 1. The largest absolute Gasteiger partial charge is 0.367 e. The summed E-state index contributed by atoms with van der Waals surface area (Å²) in [7, 11) is 0. The topological polar surface area (TPSA) is 93.8 Å². The van der Waals surface area contributed by atoms with Gasteiger partial charge in [0.05, 0.1) is 11.7 Å². The molecule has 0 bridgehead atoms. The first-order valence-corrected chi connectivity index (χ1v) is 11.5. The van der Waals surface area contributed by atoms with E-state index in [1.807, 2.05) is 5.32 Å². The molecule has 2 heterocycles. The lowest BCUT2D eigenvalue weighted by atomic mass is 10.1. The van der Waals surface area contributed by atoms with Gasteiger partial charge in [-0.2, -0.15) is 0 Å². The van der Waals surface area contributed by atoms with E-state index >= 15 is 0 Å². The Morgan fingerprint density at radius 3 is 2.42 bits per heavy atom. The third-order valence-electron chi connectivity index (χ3n) is 6.12. The van der Waals surface area contributed by atoms with Gasteiger partial charge in [-0.05, 0) is 43.2 Å².